The maximum atomic E-state index is 5.03. The van der Waals surface area contributed by atoms with Crippen LogP contribution in [-0.2, 0) is 16.5 Å². The number of nitrogens with zero attached hydrogens (tertiary/aromatic N) is 2. The third-order valence-electron chi connectivity index (χ3n) is 4.91. The van der Waals surface area contributed by atoms with Crippen LogP contribution in [-0.4, -0.2) is 11.4 Å². The van der Waals surface area contributed by atoms with Gasteiger partial charge in [0.2, 0.25) is 0 Å². The molecule has 0 atom stereocenters. The smallest absolute Gasteiger partial charge is 0.0633 e. The van der Waals surface area contributed by atoms with E-state index in [9.17, 15) is 0 Å². The first kappa shape index (κ1) is 25.3. The summed E-state index contributed by atoms with van der Waals surface area (Å²) >= 11 is 0. The summed E-state index contributed by atoms with van der Waals surface area (Å²) in [5.74, 6) is 0. The summed E-state index contributed by atoms with van der Waals surface area (Å²) in [5, 5.41) is 0. The summed E-state index contributed by atoms with van der Waals surface area (Å²) in [7, 11) is 0. The van der Waals surface area contributed by atoms with Crippen molar-refractivity contribution >= 4 is 22.8 Å². The second-order valence-corrected chi connectivity index (χ2v) is 7.41. The Labute approximate surface area is 187 Å². The molecular weight excluding hydrogens is 399 g/mol. The second kappa shape index (κ2) is 16.1. The molecule has 0 bridgehead atoms. The van der Waals surface area contributed by atoms with Crippen molar-refractivity contribution in [2.24, 2.45) is 9.98 Å². The van der Waals surface area contributed by atoms with Gasteiger partial charge in [0.05, 0.1) is 22.8 Å². The molecule has 0 saturated heterocycles. The molecule has 0 fully saturated rings. The summed E-state index contributed by atoms with van der Waals surface area (Å²) in [6.45, 7) is 4.51. The van der Waals surface area contributed by atoms with E-state index in [0.717, 1.165) is 36.3 Å². The molecule has 3 heteroatoms. The van der Waals surface area contributed by atoms with Gasteiger partial charge in [-0.2, -0.15) is 0 Å². The van der Waals surface area contributed by atoms with Crippen LogP contribution in [0.3, 0.4) is 0 Å². The van der Waals surface area contributed by atoms with E-state index in [-0.39, 0.29) is 16.5 Å². The van der Waals surface area contributed by atoms with Crippen molar-refractivity contribution in [2.45, 2.75) is 78.1 Å². The normalized spacial score (nSPS) is 11.9. The summed E-state index contributed by atoms with van der Waals surface area (Å²) in [5.41, 5.74) is 4.38. The van der Waals surface area contributed by atoms with Gasteiger partial charge in [-0.05, 0) is 49.9 Å². The van der Waals surface area contributed by atoms with Crippen molar-refractivity contribution < 1.29 is 16.5 Å². The Kier molecular flexibility index (Phi) is 14.1. The van der Waals surface area contributed by atoms with Crippen molar-refractivity contribution in [3.8, 4) is 0 Å². The maximum absolute atomic E-state index is 5.03. The largest absolute Gasteiger partial charge is 0.252 e. The average Bonchev–Trinajstić information content (AvgIpc) is 2.74. The predicted octanol–water partition coefficient (Wildman–Crippen LogP) is 8.47. The number of para-hydroxylation sites is 2. The van der Waals surface area contributed by atoms with Gasteiger partial charge in [-0.1, -0.05) is 88.8 Å². The minimum Gasteiger partial charge on any atom is -0.252 e. The second-order valence-electron chi connectivity index (χ2n) is 7.41. The van der Waals surface area contributed by atoms with Gasteiger partial charge >= 0.3 is 0 Å². The van der Waals surface area contributed by atoms with Gasteiger partial charge in [0.15, 0.2) is 0 Å². The molecule has 0 N–H and O–H groups in total. The molecule has 0 aliphatic heterocycles. The zero-order chi connectivity index (χ0) is 19.9. The first-order chi connectivity index (χ1) is 13.8. The molecule has 2 aromatic rings. The van der Waals surface area contributed by atoms with Gasteiger partial charge in [-0.15, -0.1) is 0 Å². The number of aliphatic imine (C=N–C) groups is 2. The monoisotopic (exact) mass is 434 g/mol. The van der Waals surface area contributed by atoms with E-state index in [1.165, 1.54) is 50.7 Å². The van der Waals surface area contributed by atoms with E-state index in [2.05, 4.69) is 62.4 Å². The molecule has 0 saturated carbocycles. The van der Waals surface area contributed by atoms with Gasteiger partial charge in [0.25, 0.3) is 0 Å². The molecule has 0 spiro atoms. The third kappa shape index (κ3) is 10.6. The maximum Gasteiger partial charge on any atom is 0.0633 e. The molecule has 0 radical (unpaired) electrons. The van der Waals surface area contributed by atoms with Gasteiger partial charge < -0.3 is 0 Å². The van der Waals surface area contributed by atoms with Crippen molar-refractivity contribution in [3.63, 3.8) is 0 Å². The minimum absolute atomic E-state index is 0. The van der Waals surface area contributed by atoms with Gasteiger partial charge in [0, 0.05) is 16.5 Å². The molecule has 0 unspecified atom stereocenters. The van der Waals surface area contributed by atoms with Gasteiger partial charge in [-0.25, -0.2) is 0 Å². The van der Waals surface area contributed by atoms with Gasteiger partial charge in [0.1, 0.15) is 0 Å². The number of hydrogen-bond acceptors (Lipinski definition) is 2. The molecule has 0 aromatic heterocycles. The fourth-order valence-corrected chi connectivity index (χ4v) is 3.26. The van der Waals surface area contributed by atoms with E-state index in [1.54, 1.807) is 0 Å². The first-order valence-electron chi connectivity index (χ1n) is 11.1. The Morgan fingerprint density at radius 3 is 1.45 bits per heavy atom. The Morgan fingerprint density at radius 2 is 0.966 bits per heavy atom. The molecule has 2 aromatic carbocycles. The van der Waals surface area contributed by atoms with Crippen molar-refractivity contribution in [1.82, 2.24) is 0 Å². The van der Waals surface area contributed by atoms with Crippen LogP contribution in [0, 0.1) is 0 Å². The van der Waals surface area contributed by atoms with Crippen molar-refractivity contribution in [2.75, 3.05) is 0 Å². The van der Waals surface area contributed by atoms with Crippen LogP contribution in [0.4, 0.5) is 11.4 Å². The van der Waals surface area contributed by atoms with Crippen LogP contribution < -0.4 is 0 Å². The van der Waals surface area contributed by atoms with Gasteiger partial charge in [-0.3, -0.25) is 9.98 Å². The standard InChI is InChI=1S/C26H36N2.Ni/c1-3-5-7-8-9-16-22-26(28-24-19-14-11-15-20-24)25(21-6-4-2)27-23-17-12-10-13-18-23;/h10-15,17-20H,3-9,16,21-22H2,1-2H3;. The Balaban J connectivity index is 0.00000420. The molecule has 2 nitrogen and oxygen atoms in total. The summed E-state index contributed by atoms with van der Waals surface area (Å²) in [6.07, 6.45) is 12.1. The van der Waals surface area contributed by atoms with Crippen molar-refractivity contribution in [3.05, 3.63) is 60.7 Å². The molecule has 160 valence electrons. The van der Waals surface area contributed by atoms with E-state index in [4.69, 9.17) is 9.98 Å². The molecular formula is C26H36N2Ni. The molecule has 0 aliphatic rings. The zero-order valence-electron chi connectivity index (χ0n) is 18.1. The van der Waals surface area contributed by atoms with E-state index in [0.29, 0.717) is 0 Å². The topological polar surface area (TPSA) is 24.7 Å². The quantitative estimate of drug-likeness (QED) is 0.171. The first-order valence-corrected chi connectivity index (χ1v) is 11.1. The summed E-state index contributed by atoms with van der Waals surface area (Å²) in [6, 6.07) is 20.6. The average molecular weight is 435 g/mol. The molecule has 0 aliphatic carbocycles. The van der Waals surface area contributed by atoms with E-state index < -0.39 is 0 Å². The fourth-order valence-electron chi connectivity index (χ4n) is 3.26. The minimum atomic E-state index is 0. The Bertz CT molecular complexity index is 708. The summed E-state index contributed by atoms with van der Waals surface area (Å²) < 4.78 is 0. The Morgan fingerprint density at radius 1 is 0.552 bits per heavy atom. The number of hydrogen-bond donors (Lipinski definition) is 0. The molecule has 2 rings (SSSR count). The number of unbranched alkanes of at least 4 members (excludes halogenated alkanes) is 6. The van der Waals surface area contributed by atoms with Crippen LogP contribution in [0.1, 0.15) is 78.1 Å². The van der Waals surface area contributed by atoms with Crippen molar-refractivity contribution in [1.29, 1.82) is 0 Å². The van der Waals surface area contributed by atoms with E-state index in [1.807, 2.05) is 12.1 Å². The van der Waals surface area contributed by atoms with Crippen LogP contribution >= 0.6 is 0 Å². The number of benzene rings is 2. The van der Waals surface area contributed by atoms with Crippen LogP contribution in [0.25, 0.3) is 0 Å². The molecule has 0 heterocycles. The van der Waals surface area contributed by atoms with E-state index >= 15 is 0 Å². The summed E-state index contributed by atoms with van der Waals surface area (Å²) in [4.78, 5) is 10.0. The predicted molar refractivity (Wildman–Crippen MR) is 125 cm³/mol. The third-order valence-corrected chi connectivity index (χ3v) is 4.91. The molecule has 0 amide bonds. The molecule has 29 heavy (non-hydrogen) atoms. The zero-order valence-corrected chi connectivity index (χ0v) is 19.0. The number of rotatable bonds is 13. The SMILES string of the molecule is CCCCCCCCC(=Nc1ccccc1)C(CCCC)=Nc1ccccc1.[Ni]. The fraction of sp³-hybridized carbons (Fsp3) is 0.462. The van der Waals surface area contributed by atoms with Crippen LogP contribution in [0.15, 0.2) is 70.6 Å². The van der Waals surface area contributed by atoms with Crippen LogP contribution in [0.5, 0.6) is 0 Å². The Hall–Kier alpha value is -1.73. The van der Waals surface area contributed by atoms with Crippen LogP contribution in [0.2, 0.25) is 0 Å².